The van der Waals surface area contributed by atoms with E-state index in [0.717, 1.165) is 6.42 Å². The van der Waals surface area contributed by atoms with Gasteiger partial charge in [-0.1, -0.05) is 20.8 Å². The van der Waals surface area contributed by atoms with Gasteiger partial charge < -0.3 is 5.73 Å². The van der Waals surface area contributed by atoms with Gasteiger partial charge in [-0.2, -0.15) is 0 Å². The van der Waals surface area contributed by atoms with Crippen molar-refractivity contribution in [3.05, 3.63) is 16.1 Å². The average molecular weight is 184 g/mol. The Hall–Kier alpha value is -0.410. The number of hydrogen-bond acceptors (Lipinski definition) is 3. The van der Waals surface area contributed by atoms with Crippen molar-refractivity contribution in [2.45, 2.75) is 33.7 Å². The smallest absolute Gasteiger partial charge is 0.0933 e. The average Bonchev–Trinajstić information content (AvgIpc) is 2.32. The van der Waals surface area contributed by atoms with E-state index in [1.807, 2.05) is 6.20 Å². The summed E-state index contributed by atoms with van der Waals surface area (Å²) >= 11 is 1.72. The quantitative estimate of drug-likeness (QED) is 0.765. The molecular formula is C9H16N2S. The first-order valence-corrected chi connectivity index (χ1v) is 4.96. The zero-order chi connectivity index (χ0) is 9.19. The monoisotopic (exact) mass is 184 g/mol. The summed E-state index contributed by atoms with van der Waals surface area (Å²) in [6.07, 6.45) is 2.92. The van der Waals surface area contributed by atoms with E-state index >= 15 is 0 Å². The van der Waals surface area contributed by atoms with Gasteiger partial charge in [0.1, 0.15) is 0 Å². The Bertz CT molecular complexity index is 247. The second-order valence-electron chi connectivity index (χ2n) is 4.16. The second kappa shape index (κ2) is 3.54. The van der Waals surface area contributed by atoms with Crippen molar-refractivity contribution in [1.29, 1.82) is 0 Å². The van der Waals surface area contributed by atoms with Crippen LogP contribution in [0.1, 0.15) is 30.7 Å². The molecule has 2 nitrogen and oxygen atoms in total. The third-order valence-electron chi connectivity index (χ3n) is 1.48. The van der Waals surface area contributed by atoms with Crippen molar-refractivity contribution in [2.75, 3.05) is 0 Å². The molecule has 0 amide bonds. The van der Waals surface area contributed by atoms with E-state index in [9.17, 15) is 0 Å². The van der Waals surface area contributed by atoms with E-state index in [-0.39, 0.29) is 0 Å². The molecule has 0 radical (unpaired) electrons. The zero-order valence-corrected chi connectivity index (χ0v) is 8.74. The Morgan fingerprint density at radius 1 is 1.50 bits per heavy atom. The highest BCUT2D eigenvalue weighted by atomic mass is 32.1. The largest absolute Gasteiger partial charge is 0.326 e. The van der Waals surface area contributed by atoms with Gasteiger partial charge in [-0.3, -0.25) is 0 Å². The Morgan fingerprint density at radius 2 is 2.17 bits per heavy atom. The van der Waals surface area contributed by atoms with Gasteiger partial charge >= 0.3 is 0 Å². The fourth-order valence-corrected chi connectivity index (χ4v) is 2.08. The van der Waals surface area contributed by atoms with Crippen molar-refractivity contribution >= 4 is 11.3 Å². The number of nitrogens with two attached hydrogens (primary N) is 1. The van der Waals surface area contributed by atoms with Crippen LogP contribution < -0.4 is 5.73 Å². The number of aromatic nitrogens is 1. The third-order valence-corrected chi connectivity index (χ3v) is 2.50. The summed E-state index contributed by atoms with van der Waals surface area (Å²) in [6.45, 7) is 7.27. The molecule has 0 fully saturated rings. The van der Waals surface area contributed by atoms with Crippen molar-refractivity contribution in [3.8, 4) is 0 Å². The molecule has 0 saturated carbocycles. The van der Waals surface area contributed by atoms with Crippen LogP contribution in [-0.2, 0) is 13.0 Å². The number of thiazole rings is 1. The maximum absolute atomic E-state index is 5.50. The Labute approximate surface area is 77.8 Å². The van der Waals surface area contributed by atoms with Crippen molar-refractivity contribution in [1.82, 2.24) is 4.98 Å². The predicted octanol–water partition coefficient (Wildman–Crippen LogP) is 2.19. The number of nitrogens with zero attached hydrogens (tertiary/aromatic N) is 1. The minimum atomic E-state index is 0.323. The minimum absolute atomic E-state index is 0.323. The molecule has 68 valence electrons. The molecule has 0 atom stereocenters. The highest BCUT2D eigenvalue weighted by molar-refractivity contribution is 7.11. The Morgan fingerprint density at radius 3 is 2.58 bits per heavy atom. The summed E-state index contributed by atoms with van der Waals surface area (Å²) in [5, 5.41) is 1.20. The SMILES string of the molecule is CC(C)(C)Cc1ncc(CN)s1. The fourth-order valence-electron chi connectivity index (χ4n) is 0.978. The van der Waals surface area contributed by atoms with Crippen molar-refractivity contribution in [3.63, 3.8) is 0 Å². The lowest BCUT2D eigenvalue weighted by Gasteiger charge is -2.15. The molecule has 1 rings (SSSR count). The summed E-state index contributed by atoms with van der Waals surface area (Å²) in [5.74, 6) is 0. The molecule has 0 aliphatic carbocycles. The van der Waals surface area contributed by atoms with E-state index in [0.29, 0.717) is 12.0 Å². The third kappa shape index (κ3) is 2.91. The Balaban J connectivity index is 2.64. The van der Waals surface area contributed by atoms with Gasteiger partial charge in [-0.25, -0.2) is 4.98 Å². The lowest BCUT2D eigenvalue weighted by atomic mass is 9.93. The lowest BCUT2D eigenvalue weighted by molar-refractivity contribution is 0.410. The van der Waals surface area contributed by atoms with Crippen LogP contribution in [0.25, 0.3) is 0 Å². The van der Waals surface area contributed by atoms with E-state index in [4.69, 9.17) is 5.73 Å². The summed E-state index contributed by atoms with van der Waals surface area (Å²) in [5.41, 5.74) is 5.82. The number of hydrogen-bond donors (Lipinski definition) is 1. The summed E-state index contributed by atoms with van der Waals surface area (Å²) < 4.78 is 0. The minimum Gasteiger partial charge on any atom is -0.326 e. The molecule has 0 aromatic carbocycles. The van der Waals surface area contributed by atoms with Crippen LogP contribution in [0, 0.1) is 5.41 Å². The molecule has 1 aromatic heterocycles. The van der Waals surface area contributed by atoms with Gasteiger partial charge in [-0.05, 0) is 5.41 Å². The predicted molar refractivity (Wildman–Crippen MR) is 53.2 cm³/mol. The molecule has 1 heterocycles. The molecule has 0 spiro atoms. The van der Waals surface area contributed by atoms with Gasteiger partial charge in [-0.15, -0.1) is 11.3 Å². The number of rotatable bonds is 2. The lowest BCUT2D eigenvalue weighted by Crippen LogP contribution is -2.08. The molecule has 12 heavy (non-hydrogen) atoms. The highest BCUT2D eigenvalue weighted by Gasteiger charge is 2.13. The van der Waals surface area contributed by atoms with Crippen molar-refractivity contribution < 1.29 is 0 Å². The first-order chi connectivity index (χ1) is 5.51. The molecule has 0 bridgehead atoms. The summed E-state index contributed by atoms with van der Waals surface area (Å²) in [6, 6.07) is 0. The van der Waals surface area contributed by atoms with E-state index in [1.54, 1.807) is 11.3 Å². The van der Waals surface area contributed by atoms with E-state index < -0.39 is 0 Å². The molecular weight excluding hydrogens is 168 g/mol. The second-order valence-corrected chi connectivity index (χ2v) is 5.36. The molecule has 1 aromatic rings. The molecule has 3 heteroatoms. The summed E-state index contributed by atoms with van der Waals surface area (Å²) in [7, 11) is 0. The van der Waals surface area contributed by atoms with Crippen LogP contribution in [0.15, 0.2) is 6.20 Å². The Kier molecular flexibility index (Phi) is 2.85. The van der Waals surface area contributed by atoms with Gasteiger partial charge in [0.05, 0.1) is 5.01 Å². The maximum Gasteiger partial charge on any atom is 0.0933 e. The molecule has 0 aliphatic heterocycles. The molecule has 0 unspecified atom stereocenters. The van der Waals surface area contributed by atoms with Gasteiger partial charge in [0.25, 0.3) is 0 Å². The highest BCUT2D eigenvalue weighted by Crippen LogP contribution is 2.23. The van der Waals surface area contributed by atoms with Gasteiger partial charge in [0.15, 0.2) is 0 Å². The van der Waals surface area contributed by atoms with Gasteiger partial charge in [0, 0.05) is 24.0 Å². The standard InChI is InChI=1S/C9H16N2S/c1-9(2,3)4-8-11-6-7(5-10)12-8/h6H,4-5,10H2,1-3H3. The topological polar surface area (TPSA) is 38.9 Å². The first kappa shape index (κ1) is 9.68. The zero-order valence-electron chi connectivity index (χ0n) is 7.92. The van der Waals surface area contributed by atoms with Crippen LogP contribution in [0.4, 0.5) is 0 Å². The van der Waals surface area contributed by atoms with Crippen LogP contribution in [0.5, 0.6) is 0 Å². The maximum atomic E-state index is 5.50. The molecule has 2 N–H and O–H groups in total. The molecule has 0 saturated heterocycles. The van der Waals surface area contributed by atoms with Crippen molar-refractivity contribution in [2.24, 2.45) is 11.1 Å². The van der Waals surface area contributed by atoms with Crippen LogP contribution in [-0.4, -0.2) is 4.98 Å². The summed E-state index contributed by atoms with van der Waals surface area (Å²) in [4.78, 5) is 5.49. The van der Waals surface area contributed by atoms with Gasteiger partial charge in [0.2, 0.25) is 0 Å². The van der Waals surface area contributed by atoms with Crippen LogP contribution in [0.3, 0.4) is 0 Å². The fraction of sp³-hybridized carbons (Fsp3) is 0.667. The molecule has 0 aliphatic rings. The van der Waals surface area contributed by atoms with Crippen LogP contribution >= 0.6 is 11.3 Å². The first-order valence-electron chi connectivity index (χ1n) is 4.15. The van der Waals surface area contributed by atoms with E-state index in [1.165, 1.54) is 9.88 Å². The van der Waals surface area contributed by atoms with E-state index in [2.05, 4.69) is 25.8 Å². The van der Waals surface area contributed by atoms with Crippen LogP contribution in [0.2, 0.25) is 0 Å². The normalized spacial score (nSPS) is 12.0.